The largest absolute Gasteiger partial charge is 0.394 e. The van der Waals surface area contributed by atoms with Gasteiger partial charge in [0.25, 0.3) is 5.56 Å². The highest BCUT2D eigenvalue weighted by molar-refractivity contribution is 5.02. The van der Waals surface area contributed by atoms with Crippen molar-refractivity contribution in [2.75, 3.05) is 13.7 Å². The molecule has 1 aromatic heterocycles. The van der Waals surface area contributed by atoms with Gasteiger partial charge >= 0.3 is 5.69 Å². The SMILES string of the molecule is CNNC1CC(CO)OC1n1cc(C)c(=O)[nH]c1=O. The lowest BCUT2D eigenvalue weighted by Gasteiger charge is -2.21. The monoisotopic (exact) mass is 270 g/mol. The third-order valence-corrected chi connectivity index (χ3v) is 3.15. The second-order valence-electron chi connectivity index (χ2n) is 4.55. The Morgan fingerprint density at radius 2 is 2.32 bits per heavy atom. The van der Waals surface area contributed by atoms with E-state index in [2.05, 4.69) is 15.8 Å². The predicted molar refractivity (Wildman–Crippen MR) is 67.7 cm³/mol. The molecule has 8 nitrogen and oxygen atoms in total. The highest BCUT2D eigenvalue weighted by atomic mass is 16.5. The zero-order chi connectivity index (χ0) is 14.0. The summed E-state index contributed by atoms with van der Waals surface area (Å²) in [6, 6.07) is -0.176. The van der Waals surface area contributed by atoms with E-state index in [1.165, 1.54) is 10.8 Å². The van der Waals surface area contributed by atoms with Crippen molar-refractivity contribution in [3.05, 3.63) is 32.6 Å². The average molecular weight is 270 g/mol. The standard InChI is InChI=1S/C11H18N4O4/c1-6-4-15(11(18)13-9(6)17)10-8(14-12-2)3-7(5-16)19-10/h4,7-8,10,12,14,16H,3,5H2,1-2H3,(H,13,17,18). The van der Waals surface area contributed by atoms with Gasteiger partial charge in [-0.2, -0.15) is 0 Å². The van der Waals surface area contributed by atoms with Gasteiger partial charge in [-0.1, -0.05) is 0 Å². The molecule has 3 atom stereocenters. The molecule has 4 N–H and O–H groups in total. The molecular formula is C11H18N4O4. The van der Waals surface area contributed by atoms with Crippen LogP contribution in [0.5, 0.6) is 0 Å². The first kappa shape index (κ1) is 13.9. The van der Waals surface area contributed by atoms with Crippen LogP contribution in [0.1, 0.15) is 18.2 Å². The number of hydrogen-bond donors (Lipinski definition) is 4. The summed E-state index contributed by atoms with van der Waals surface area (Å²) in [4.78, 5) is 25.4. The number of aryl methyl sites for hydroxylation is 1. The van der Waals surface area contributed by atoms with Crippen molar-refractivity contribution < 1.29 is 9.84 Å². The van der Waals surface area contributed by atoms with Crippen molar-refractivity contribution in [1.29, 1.82) is 0 Å². The van der Waals surface area contributed by atoms with Crippen LogP contribution in [-0.2, 0) is 4.74 Å². The smallest absolute Gasteiger partial charge is 0.330 e. The summed E-state index contributed by atoms with van der Waals surface area (Å²) in [5, 5.41) is 9.17. The van der Waals surface area contributed by atoms with Gasteiger partial charge in [0.1, 0.15) is 0 Å². The Kier molecular flexibility index (Phi) is 4.15. The van der Waals surface area contributed by atoms with Crippen LogP contribution in [0.25, 0.3) is 0 Å². The second-order valence-corrected chi connectivity index (χ2v) is 4.55. The fraction of sp³-hybridized carbons (Fsp3) is 0.636. The van der Waals surface area contributed by atoms with E-state index in [1.807, 2.05) is 0 Å². The minimum Gasteiger partial charge on any atom is -0.394 e. The number of rotatable bonds is 4. The van der Waals surface area contributed by atoms with Gasteiger partial charge in [0.05, 0.1) is 18.8 Å². The van der Waals surface area contributed by atoms with Gasteiger partial charge < -0.3 is 9.84 Å². The van der Waals surface area contributed by atoms with Crippen LogP contribution in [0.2, 0.25) is 0 Å². The van der Waals surface area contributed by atoms with Crippen LogP contribution >= 0.6 is 0 Å². The molecule has 1 aliphatic heterocycles. The van der Waals surface area contributed by atoms with E-state index in [9.17, 15) is 9.59 Å². The first-order valence-corrected chi connectivity index (χ1v) is 6.07. The Balaban J connectivity index is 2.36. The summed E-state index contributed by atoms with van der Waals surface area (Å²) < 4.78 is 6.96. The number of nitrogens with one attached hydrogen (secondary N) is 3. The van der Waals surface area contributed by atoms with Gasteiger partial charge in [-0.3, -0.25) is 25.2 Å². The van der Waals surface area contributed by atoms with Crippen molar-refractivity contribution in [3.8, 4) is 0 Å². The fourth-order valence-electron chi connectivity index (χ4n) is 2.21. The molecule has 0 amide bonds. The van der Waals surface area contributed by atoms with Gasteiger partial charge in [0.15, 0.2) is 6.23 Å². The number of nitrogens with zero attached hydrogens (tertiary/aromatic N) is 1. The number of ether oxygens (including phenoxy) is 1. The third kappa shape index (κ3) is 2.76. The molecule has 0 saturated carbocycles. The molecule has 2 rings (SSSR count). The molecule has 19 heavy (non-hydrogen) atoms. The number of aliphatic hydroxyl groups excluding tert-OH is 1. The van der Waals surface area contributed by atoms with E-state index >= 15 is 0 Å². The number of aromatic nitrogens is 2. The molecule has 0 radical (unpaired) electrons. The lowest BCUT2D eigenvalue weighted by molar-refractivity contribution is -0.0314. The molecule has 0 aliphatic carbocycles. The summed E-state index contributed by atoms with van der Waals surface area (Å²) in [5.74, 6) is 0. The van der Waals surface area contributed by atoms with Gasteiger partial charge in [-0.25, -0.2) is 4.79 Å². The Labute approximate surface area is 109 Å². The van der Waals surface area contributed by atoms with Gasteiger partial charge in [0.2, 0.25) is 0 Å². The fourth-order valence-corrected chi connectivity index (χ4v) is 2.21. The molecule has 2 heterocycles. The number of aliphatic hydroxyl groups is 1. The van der Waals surface area contributed by atoms with Gasteiger partial charge in [-0.05, 0) is 20.4 Å². The minimum atomic E-state index is -0.576. The molecule has 1 aromatic rings. The summed E-state index contributed by atoms with van der Waals surface area (Å²) in [5.41, 5.74) is 5.28. The van der Waals surface area contributed by atoms with Crippen LogP contribution in [0.4, 0.5) is 0 Å². The average Bonchev–Trinajstić information content (AvgIpc) is 2.77. The maximum Gasteiger partial charge on any atom is 0.330 e. The summed E-state index contributed by atoms with van der Waals surface area (Å²) >= 11 is 0. The van der Waals surface area contributed by atoms with Crippen LogP contribution in [0.3, 0.4) is 0 Å². The number of H-pyrrole nitrogens is 1. The number of aromatic amines is 1. The second kappa shape index (κ2) is 5.66. The van der Waals surface area contributed by atoms with Crippen LogP contribution < -0.4 is 22.1 Å². The molecule has 1 saturated heterocycles. The third-order valence-electron chi connectivity index (χ3n) is 3.15. The van der Waals surface area contributed by atoms with E-state index < -0.39 is 17.5 Å². The van der Waals surface area contributed by atoms with Gasteiger partial charge in [-0.15, -0.1) is 0 Å². The minimum absolute atomic E-state index is 0.116. The van der Waals surface area contributed by atoms with E-state index in [4.69, 9.17) is 9.84 Å². The molecule has 1 fully saturated rings. The van der Waals surface area contributed by atoms with Crippen molar-refractivity contribution in [2.24, 2.45) is 0 Å². The molecule has 106 valence electrons. The normalized spacial score (nSPS) is 26.8. The maximum absolute atomic E-state index is 11.8. The number of hydrogen-bond acceptors (Lipinski definition) is 6. The topological polar surface area (TPSA) is 108 Å². The molecule has 0 bridgehead atoms. The summed E-state index contributed by atoms with van der Waals surface area (Å²) in [6.07, 6.45) is 1.12. The lowest BCUT2D eigenvalue weighted by Crippen LogP contribution is -2.45. The van der Waals surface area contributed by atoms with E-state index in [1.54, 1.807) is 14.0 Å². The highest BCUT2D eigenvalue weighted by Crippen LogP contribution is 2.27. The van der Waals surface area contributed by atoms with E-state index in [0.717, 1.165) is 0 Å². The molecular weight excluding hydrogens is 252 g/mol. The lowest BCUT2D eigenvalue weighted by atomic mass is 10.1. The zero-order valence-corrected chi connectivity index (χ0v) is 10.8. The Bertz CT molecular complexity index is 552. The predicted octanol–water partition coefficient (Wildman–Crippen LogP) is -1.78. The van der Waals surface area contributed by atoms with Crippen LogP contribution in [0, 0.1) is 6.92 Å². The van der Waals surface area contributed by atoms with Crippen molar-refractivity contribution >= 4 is 0 Å². The molecule has 0 aromatic carbocycles. The van der Waals surface area contributed by atoms with Gasteiger partial charge in [0, 0.05) is 11.8 Å². The van der Waals surface area contributed by atoms with Crippen molar-refractivity contribution in [3.63, 3.8) is 0 Å². The molecule has 3 unspecified atom stereocenters. The summed E-state index contributed by atoms with van der Waals surface area (Å²) in [6.45, 7) is 1.50. The Hall–Kier alpha value is -1.48. The van der Waals surface area contributed by atoms with Crippen LogP contribution in [-0.4, -0.2) is 40.5 Å². The summed E-state index contributed by atoms with van der Waals surface area (Å²) in [7, 11) is 1.71. The quantitative estimate of drug-likeness (QED) is 0.482. The van der Waals surface area contributed by atoms with E-state index in [0.29, 0.717) is 12.0 Å². The van der Waals surface area contributed by atoms with Crippen molar-refractivity contribution in [2.45, 2.75) is 31.7 Å². The maximum atomic E-state index is 11.8. The van der Waals surface area contributed by atoms with Crippen molar-refractivity contribution in [1.82, 2.24) is 20.4 Å². The Morgan fingerprint density at radius 1 is 1.58 bits per heavy atom. The zero-order valence-electron chi connectivity index (χ0n) is 10.8. The molecule has 0 spiro atoms. The first-order chi connectivity index (χ1) is 9.06. The Morgan fingerprint density at radius 3 is 2.95 bits per heavy atom. The number of hydrazine groups is 1. The molecule has 1 aliphatic rings. The highest BCUT2D eigenvalue weighted by Gasteiger charge is 2.36. The van der Waals surface area contributed by atoms with E-state index in [-0.39, 0.29) is 18.8 Å². The first-order valence-electron chi connectivity index (χ1n) is 6.07. The van der Waals surface area contributed by atoms with Crippen LogP contribution in [0.15, 0.2) is 15.8 Å². The molecule has 8 heteroatoms.